The Morgan fingerprint density at radius 1 is 1.10 bits per heavy atom. The molecule has 0 aliphatic heterocycles. The summed E-state index contributed by atoms with van der Waals surface area (Å²) < 4.78 is 61.1. The minimum Gasteiger partial charge on any atom is -0.293 e. The summed E-state index contributed by atoms with van der Waals surface area (Å²) in [6.45, 7) is 0. The van der Waals surface area contributed by atoms with Crippen LogP contribution in [0.25, 0.3) is 0 Å². The second-order valence-corrected chi connectivity index (χ2v) is 7.35. The van der Waals surface area contributed by atoms with E-state index >= 15 is 0 Å². The van der Waals surface area contributed by atoms with Crippen molar-refractivity contribution < 1.29 is 26.4 Å². The fourth-order valence-electron chi connectivity index (χ4n) is 1.61. The molecule has 1 heterocycles. The largest absolute Gasteiger partial charge is 0.416 e. The van der Waals surface area contributed by atoms with Crippen molar-refractivity contribution in [1.82, 2.24) is 0 Å². The topological polar surface area (TPSA) is 51.2 Å². The fraction of sp³-hybridized carbons (Fsp3) is 0.154. The number of carbonyl (C=O) groups excluding carboxylic acids is 1. The molecule has 0 unspecified atom stereocenters. The number of alkyl halides is 3. The number of thiophene rings is 1. The van der Waals surface area contributed by atoms with Gasteiger partial charge in [0, 0.05) is 5.56 Å². The third-order valence-corrected chi connectivity index (χ3v) is 5.76. The molecule has 0 saturated carbocycles. The van der Waals surface area contributed by atoms with Crippen molar-refractivity contribution in [1.29, 1.82) is 0 Å². The van der Waals surface area contributed by atoms with Crippen molar-refractivity contribution in [2.75, 3.05) is 5.75 Å². The number of carbonyl (C=O) groups is 1. The van der Waals surface area contributed by atoms with Crippen LogP contribution < -0.4 is 0 Å². The SMILES string of the molecule is O=C(CS(=O)(=O)c1cccs1)c1ccc(C(F)(F)F)cc1. The van der Waals surface area contributed by atoms with Crippen LogP contribution in [0.5, 0.6) is 0 Å². The molecule has 2 rings (SSSR count). The quantitative estimate of drug-likeness (QED) is 0.805. The van der Waals surface area contributed by atoms with Crippen LogP contribution in [0.4, 0.5) is 13.2 Å². The Morgan fingerprint density at radius 3 is 2.19 bits per heavy atom. The number of benzene rings is 1. The van der Waals surface area contributed by atoms with Crippen LogP contribution in [0.15, 0.2) is 46.0 Å². The van der Waals surface area contributed by atoms with E-state index in [0.29, 0.717) is 0 Å². The minimum absolute atomic E-state index is 0.0581. The summed E-state index contributed by atoms with van der Waals surface area (Å²) in [5.41, 5.74) is -0.955. The van der Waals surface area contributed by atoms with Gasteiger partial charge in [-0.05, 0) is 23.6 Å². The zero-order chi connectivity index (χ0) is 15.7. The zero-order valence-electron chi connectivity index (χ0n) is 10.4. The molecule has 0 atom stereocenters. The van der Waals surface area contributed by atoms with E-state index in [9.17, 15) is 26.4 Å². The standard InChI is InChI=1S/C13H9F3O3S2/c14-13(15,16)10-5-3-9(4-6-10)11(17)8-21(18,19)12-2-1-7-20-12/h1-7H,8H2. The van der Waals surface area contributed by atoms with Crippen LogP contribution in [0.3, 0.4) is 0 Å². The molecule has 0 amide bonds. The molecule has 3 nitrogen and oxygen atoms in total. The number of ketones is 1. The molecule has 21 heavy (non-hydrogen) atoms. The molecular formula is C13H9F3O3S2. The number of hydrogen-bond donors (Lipinski definition) is 0. The first-order valence-electron chi connectivity index (χ1n) is 5.67. The average molecular weight is 334 g/mol. The van der Waals surface area contributed by atoms with Gasteiger partial charge in [0.2, 0.25) is 0 Å². The minimum atomic E-state index is -4.50. The molecule has 0 saturated heterocycles. The van der Waals surface area contributed by atoms with Gasteiger partial charge >= 0.3 is 6.18 Å². The maximum atomic E-state index is 12.4. The second kappa shape index (κ2) is 5.61. The lowest BCUT2D eigenvalue weighted by atomic mass is 10.1. The highest BCUT2D eigenvalue weighted by atomic mass is 32.2. The molecule has 112 valence electrons. The highest BCUT2D eigenvalue weighted by Gasteiger charge is 2.30. The molecule has 1 aromatic carbocycles. The van der Waals surface area contributed by atoms with E-state index in [4.69, 9.17) is 0 Å². The Balaban J connectivity index is 2.18. The maximum Gasteiger partial charge on any atom is 0.416 e. The van der Waals surface area contributed by atoms with Crippen molar-refractivity contribution in [2.45, 2.75) is 10.4 Å². The number of sulfone groups is 1. The van der Waals surface area contributed by atoms with E-state index in [1.54, 1.807) is 11.4 Å². The Hall–Kier alpha value is -1.67. The second-order valence-electron chi connectivity index (χ2n) is 4.19. The Morgan fingerprint density at radius 2 is 1.71 bits per heavy atom. The molecule has 0 aliphatic carbocycles. The molecule has 0 aliphatic rings. The van der Waals surface area contributed by atoms with Gasteiger partial charge < -0.3 is 0 Å². The summed E-state index contributed by atoms with van der Waals surface area (Å²) in [4.78, 5) is 11.9. The van der Waals surface area contributed by atoms with E-state index in [2.05, 4.69) is 0 Å². The van der Waals surface area contributed by atoms with Crippen LogP contribution in [-0.2, 0) is 16.0 Å². The first kappa shape index (κ1) is 15.7. The molecule has 0 fully saturated rings. The molecule has 2 aromatic rings. The normalized spacial score (nSPS) is 12.3. The van der Waals surface area contributed by atoms with Crippen molar-refractivity contribution in [3.8, 4) is 0 Å². The van der Waals surface area contributed by atoms with E-state index < -0.39 is 33.1 Å². The zero-order valence-corrected chi connectivity index (χ0v) is 12.1. The predicted molar refractivity (Wildman–Crippen MR) is 72.1 cm³/mol. The molecule has 0 radical (unpaired) electrons. The highest BCUT2D eigenvalue weighted by Crippen LogP contribution is 2.29. The lowest BCUT2D eigenvalue weighted by Gasteiger charge is -2.07. The van der Waals surface area contributed by atoms with Crippen LogP contribution in [-0.4, -0.2) is 20.0 Å². The lowest BCUT2D eigenvalue weighted by Crippen LogP contribution is -2.16. The third-order valence-electron chi connectivity index (χ3n) is 2.66. The van der Waals surface area contributed by atoms with Crippen LogP contribution >= 0.6 is 11.3 Å². The van der Waals surface area contributed by atoms with Crippen molar-refractivity contribution in [3.63, 3.8) is 0 Å². The number of hydrogen-bond acceptors (Lipinski definition) is 4. The van der Waals surface area contributed by atoms with Gasteiger partial charge in [-0.1, -0.05) is 18.2 Å². The summed E-state index contributed by atoms with van der Waals surface area (Å²) in [6, 6.07) is 6.39. The van der Waals surface area contributed by atoms with Gasteiger partial charge in [0.25, 0.3) is 0 Å². The summed E-state index contributed by atoms with van der Waals surface area (Å²) in [5, 5.41) is 1.56. The van der Waals surface area contributed by atoms with Crippen molar-refractivity contribution in [2.24, 2.45) is 0 Å². The smallest absolute Gasteiger partial charge is 0.293 e. The van der Waals surface area contributed by atoms with Crippen molar-refractivity contribution >= 4 is 27.0 Å². The van der Waals surface area contributed by atoms with Crippen molar-refractivity contribution in [3.05, 3.63) is 52.9 Å². The average Bonchev–Trinajstić information content (AvgIpc) is 2.92. The molecular weight excluding hydrogens is 325 g/mol. The lowest BCUT2D eigenvalue weighted by molar-refractivity contribution is -0.137. The van der Waals surface area contributed by atoms with E-state index in [0.717, 1.165) is 35.6 Å². The Bertz CT molecular complexity index is 730. The predicted octanol–water partition coefficient (Wildman–Crippen LogP) is 3.42. The maximum absolute atomic E-state index is 12.4. The number of rotatable bonds is 4. The van der Waals surface area contributed by atoms with E-state index in [-0.39, 0.29) is 9.77 Å². The van der Waals surface area contributed by atoms with Gasteiger partial charge in [0.05, 0.1) is 5.56 Å². The molecule has 0 spiro atoms. The first-order chi connectivity index (χ1) is 9.70. The summed E-state index contributed by atoms with van der Waals surface area (Å²) in [5.74, 6) is -1.50. The van der Waals surface area contributed by atoms with Gasteiger partial charge in [0.15, 0.2) is 15.6 Å². The van der Waals surface area contributed by atoms with Crippen LogP contribution in [0.1, 0.15) is 15.9 Å². The van der Waals surface area contributed by atoms with Gasteiger partial charge in [-0.2, -0.15) is 13.2 Å². The summed E-state index contributed by atoms with van der Waals surface area (Å²) in [7, 11) is -3.76. The summed E-state index contributed by atoms with van der Waals surface area (Å²) >= 11 is 0.984. The van der Waals surface area contributed by atoms with Gasteiger partial charge in [-0.25, -0.2) is 8.42 Å². The monoisotopic (exact) mass is 334 g/mol. The molecule has 8 heteroatoms. The Labute approximate surface area is 123 Å². The van der Waals surface area contributed by atoms with Gasteiger partial charge in [-0.15, -0.1) is 11.3 Å². The van der Waals surface area contributed by atoms with Gasteiger partial charge in [0.1, 0.15) is 9.96 Å². The van der Waals surface area contributed by atoms with E-state index in [1.165, 1.54) is 6.07 Å². The van der Waals surface area contributed by atoms with Crippen LogP contribution in [0.2, 0.25) is 0 Å². The van der Waals surface area contributed by atoms with Crippen LogP contribution in [0, 0.1) is 0 Å². The number of Topliss-reactive ketones (excluding diaryl/α,β-unsaturated/α-hetero) is 1. The van der Waals surface area contributed by atoms with Gasteiger partial charge in [-0.3, -0.25) is 4.79 Å². The molecule has 0 N–H and O–H groups in total. The Kier molecular flexibility index (Phi) is 4.20. The number of halogens is 3. The first-order valence-corrected chi connectivity index (χ1v) is 8.20. The molecule has 0 bridgehead atoms. The highest BCUT2D eigenvalue weighted by molar-refractivity contribution is 7.94. The van der Waals surface area contributed by atoms with E-state index in [1.807, 2.05) is 0 Å². The third kappa shape index (κ3) is 3.70. The fourth-order valence-corrected chi connectivity index (χ4v) is 3.93. The summed E-state index contributed by atoms with van der Waals surface area (Å²) in [6.07, 6.45) is -4.50. The molecule has 1 aromatic heterocycles.